The van der Waals surface area contributed by atoms with Crippen LogP contribution in [-0.2, 0) is 4.74 Å². The van der Waals surface area contributed by atoms with Crippen molar-refractivity contribution in [1.82, 2.24) is 4.90 Å². The van der Waals surface area contributed by atoms with Gasteiger partial charge in [0.15, 0.2) is 0 Å². The Kier molecular flexibility index (Phi) is 5.94. The molecular weight excluding hydrogens is 332 g/mol. The summed E-state index contributed by atoms with van der Waals surface area (Å²) in [7, 11) is 1.34. The highest BCUT2D eigenvalue weighted by atomic mass is 35.5. The minimum atomic E-state index is -0.859. The van der Waals surface area contributed by atoms with E-state index in [9.17, 15) is 9.59 Å². The van der Waals surface area contributed by atoms with Gasteiger partial charge in [-0.2, -0.15) is 0 Å². The van der Waals surface area contributed by atoms with Gasteiger partial charge in [0.05, 0.1) is 12.7 Å². The number of carbonyl (C=O) groups excluding carboxylic acids is 1. The average molecular weight is 355 g/mol. The first-order valence-corrected chi connectivity index (χ1v) is 8.34. The molecule has 1 fully saturated rings. The molecule has 0 aromatic heterocycles. The lowest BCUT2D eigenvalue weighted by Gasteiger charge is -2.34. The van der Waals surface area contributed by atoms with Gasteiger partial charge in [0.2, 0.25) is 0 Å². The van der Waals surface area contributed by atoms with Crippen molar-refractivity contribution in [2.45, 2.75) is 32.7 Å². The number of nitrogens with zero attached hydrogens (tertiary/aromatic N) is 1. The fraction of sp³-hybridized carbons (Fsp3) is 0.529. The van der Waals surface area contributed by atoms with Crippen LogP contribution in [0.2, 0.25) is 5.02 Å². The lowest BCUT2D eigenvalue weighted by atomic mass is 9.90. The van der Waals surface area contributed by atoms with Crippen LogP contribution in [0.4, 0.5) is 10.5 Å². The Hall–Kier alpha value is -1.95. The monoisotopic (exact) mass is 354 g/mol. The maximum atomic E-state index is 11.7. The predicted octanol–water partition coefficient (Wildman–Crippen LogP) is 3.63. The molecule has 1 aromatic rings. The van der Waals surface area contributed by atoms with Crippen LogP contribution in [0.1, 0.15) is 35.7 Å². The molecule has 7 heteroatoms. The molecule has 0 bridgehead atoms. The summed E-state index contributed by atoms with van der Waals surface area (Å²) < 4.78 is 4.76. The summed E-state index contributed by atoms with van der Waals surface area (Å²) in [5, 5.41) is 13.0. The highest BCUT2D eigenvalue weighted by Gasteiger charge is 2.26. The smallest absolute Gasteiger partial charge is 0.407 e. The third kappa shape index (κ3) is 4.12. The molecule has 0 aliphatic carbocycles. The number of hydrogen-bond acceptors (Lipinski definition) is 4. The standard InChI is InChI=1S/C17H23ClN2O4/c1-10-14(18)8-13(16(21)24-3)9-15(10)19-11(2)12-4-6-20(7-5-12)17(22)23/h8-9,11-12,19H,4-7H2,1-3H3,(H,22,23)/t11-/m0/s1. The molecule has 1 aliphatic heterocycles. The lowest BCUT2D eigenvalue weighted by molar-refractivity contribution is 0.0600. The van der Waals surface area contributed by atoms with Crippen LogP contribution in [0.5, 0.6) is 0 Å². The Bertz CT molecular complexity index is 627. The number of ether oxygens (including phenoxy) is 1. The zero-order valence-electron chi connectivity index (χ0n) is 14.1. The predicted molar refractivity (Wildman–Crippen MR) is 92.9 cm³/mol. The van der Waals surface area contributed by atoms with Gasteiger partial charge in [-0.05, 0) is 50.3 Å². The van der Waals surface area contributed by atoms with E-state index in [0.29, 0.717) is 29.6 Å². The van der Waals surface area contributed by atoms with Crippen molar-refractivity contribution in [3.05, 3.63) is 28.3 Å². The number of piperidine rings is 1. The molecule has 2 rings (SSSR count). The fourth-order valence-corrected chi connectivity index (χ4v) is 3.24. The fourth-order valence-electron chi connectivity index (χ4n) is 3.02. The summed E-state index contributed by atoms with van der Waals surface area (Å²) in [5.41, 5.74) is 2.08. The second-order valence-electron chi connectivity index (χ2n) is 6.16. The van der Waals surface area contributed by atoms with E-state index >= 15 is 0 Å². The minimum Gasteiger partial charge on any atom is -0.465 e. The van der Waals surface area contributed by atoms with Crippen molar-refractivity contribution in [3.8, 4) is 0 Å². The third-order valence-electron chi connectivity index (χ3n) is 4.67. The van der Waals surface area contributed by atoms with Crippen molar-refractivity contribution in [1.29, 1.82) is 0 Å². The van der Waals surface area contributed by atoms with E-state index in [2.05, 4.69) is 12.2 Å². The average Bonchev–Trinajstić information content (AvgIpc) is 2.57. The summed E-state index contributed by atoms with van der Waals surface area (Å²) in [6.45, 7) is 5.06. The molecule has 1 saturated heterocycles. The second-order valence-corrected chi connectivity index (χ2v) is 6.57. The highest BCUT2D eigenvalue weighted by Crippen LogP contribution is 2.29. The van der Waals surface area contributed by atoms with Crippen LogP contribution in [0.15, 0.2) is 12.1 Å². The Morgan fingerprint density at radius 3 is 2.54 bits per heavy atom. The number of rotatable bonds is 4. The molecule has 24 heavy (non-hydrogen) atoms. The van der Waals surface area contributed by atoms with Gasteiger partial charge in [0.1, 0.15) is 0 Å². The lowest BCUT2D eigenvalue weighted by Crippen LogP contribution is -2.41. The van der Waals surface area contributed by atoms with E-state index in [1.807, 2.05) is 6.92 Å². The summed E-state index contributed by atoms with van der Waals surface area (Å²) in [6.07, 6.45) is 0.760. The van der Waals surface area contributed by atoms with E-state index in [0.717, 1.165) is 24.1 Å². The van der Waals surface area contributed by atoms with E-state index in [1.54, 1.807) is 12.1 Å². The van der Waals surface area contributed by atoms with Crippen molar-refractivity contribution in [3.63, 3.8) is 0 Å². The van der Waals surface area contributed by atoms with Gasteiger partial charge in [-0.3, -0.25) is 0 Å². The van der Waals surface area contributed by atoms with E-state index < -0.39 is 12.1 Å². The van der Waals surface area contributed by atoms with Gasteiger partial charge in [0.25, 0.3) is 0 Å². The van der Waals surface area contributed by atoms with Crippen LogP contribution in [0.3, 0.4) is 0 Å². The number of anilines is 1. The number of hydrogen-bond donors (Lipinski definition) is 2. The molecule has 1 heterocycles. The third-order valence-corrected chi connectivity index (χ3v) is 5.06. The number of nitrogens with one attached hydrogen (secondary N) is 1. The molecule has 2 N–H and O–H groups in total. The van der Waals surface area contributed by atoms with E-state index in [-0.39, 0.29) is 6.04 Å². The summed E-state index contributed by atoms with van der Waals surface area (Å²) in [5.74, 6) is -0.0667. The number of carboxylic acid groups (broad SMARTS) is 1. The van der Waals surface area contributed by atoms with Crippen molar-refractivity contribution < 1.29 is 19.4 Å². The van der Waals surface area contributed by atoms with Gasteiger partial charge in [-0.25, -0.2) is 9.59 Å². The van der Waals surface area contributed by atoms with Crippen LogP contribution in [0.25, 0.3) is 0 Å². The number of likely N-dealkylation sites (tertiary alicyclic amines) is 1. The molecule has 132 valence electrons. The normalized spacial score (nSPS) is 16.6. The zero-order valence-corrected chi connectivity index (χ0v) is 14.9. The summed E-state index contributed by atoms with van der Waals surface area (Å²) in [4.78, 5) is 24.2. The van der Waals surface area contributed by atoms with Gasteiger partial charge in [-0.1, -0.05) is 11.6 Å². The van der Waals surface area contributed by atoms with Crippen LogP contribution >= 0.6 is 11.6 Å². The zero-order chi connectivity index (χ0) is 17.9. The molecule has 1 aliphatic rings. The van der Waals surface area contributed by atoms with E-state index in [4.69, 9.17) is 21.4 Å². The van der Waals surface area contributed by atoms with Crippen LogP contribution in [-0.4, -0.2) is 48.3 Å². The highest BCUT2D eigenvalue weighted by molar-refractivity contribution is 6.32. The van der Waals surface area contributed by atoms with Crippen molar-refractivity contribution in [2.75, 3.05) is 25.5 Å². The quantitative estimate of drug-likeness (QED) is 0.807. The molecular formula is C17H23ClN2O4. The Morgan fingerprint density at radius 2 is 2.00 bits per heavy atom. The Balaban J connectivity index is 2.09. The number of carbonyl (C=O) groups is 2. The summed E-state index contributed by atoms with van der Waals surface area (Å²) >= 11 is 6.22. The van der Waals surface area contributed by atoms with Gasteiger partial charge in [-0.15, -0.1) is 0 Å². The Morgan fingerprint density at radius 1 is 1.38 bits per heavy atom. The number of amides is 1. The molecule has 6 nitrogen and oxygen atoms in total. The maximum Gasteiger partial charge on any atom is 0.407 e. The number of esters is 1. The number of halogens is 1. The largest absolute Gasteiger partial charge is 0.465 e. The molecule has 1 atom stereocenters. The Labute approximate surface area is 146 Å². The first kappa shape index (κ1) is 18.4. The molecule has 0 saturated carbocycles. The molecule has 0 unspecified atom stereocenters. The van der Waals surface area contributed by atoms with Crippen molar-refractivity contribution in [2.24, 2.45) is 5.92 Å². The molecule has 0 radical (unpaired) electrons. The molecule has 0 spiro atoms. The van der Waals surface area contributed by atoms with E-state index in [1.165, 1.54) is 12.0 Å². The number of methoxy groups -OCH3 is 1. The van der Waals surface area contributed by atoms with Crippen molar-refractivity contribution >= 4 is 29.4 Å². The SMILES string of the molecule is COC(=O)c1cc(Cl)c(C)c(N[C@@H](C)C2CCN(C(=O)O)CC2)c1. The van der Waals surface area contributed by atoms with Crippen LogP contribution in [0, 0.1) is 12.8 Å². The summed E-state index contributed by atoms with van der Waals surface area (Å²) in [6, 6.07) is 3.49. The number of benzene rings is 1. The van der Waals surface area contributed by atoms with Gasteiger partial charge < -0.3 is 20.1 Å². The minimum absolute atomic E-state index is 0.142. The molecule has 1 aromatic carbocycles. The topological polar surface area (TPSA) is 78.9 Å². The first-order valence-electron chi connectivity index (χ1n) is 7.96. The van der Waals surface area contributed by atoms with Crippen LogP contribution < -0.4 is 5.32 Å². The first-order chi connectivity index (χ1) is 11.3. The molecule has 1 amide bonds. The second kappa shape index (κ2) is 7.75. The van der Waals surface area contributed by atoms with Gasteiger partial charge in [0, 0.05) is 29.8 Å². The van der Waals surface area contributed by atoms with Gasteiger partial charge >= 0.3 is 12.1 Å². The maximum absolute atomic E-state index is 11.7.